The lowest BCUT2D eigenvalue weighted by Gasteiger charge is -2.42. The Bertz CT molecular complexity index is 923. The third kappa shape index (κ3) is 2.85. The van der Waals surface area contributed by atoms with E-state index < -0.39 is 5.91 Å². The fourth-order valence-corrected chi connectivity index (χ4v) is 4.34. The number of pyridine rings is 1. The van der Waals surface area contributed by atoms with Gasteiger partial charge in [-0.1, -0.05) is 10.6 Å². The summed E-state index contributed by atoms with van der Waals surface area (Å²) in [4.78, 5) is 38.3. The van der Waals surface area contributed by atoms with Gasteiger partial charge in [0.25, 0.3) is 11.5 Å². The Morgan fingerprint density at radius 3 is 2.92 bits per heavy atom. The highest BCUT2D eigenvalue weighted by Crippen LogP contribution is 2.35. The summed E-state index contributed by atoms with van der Waals surface area (Å²) in [6.07, 6.45) is 0.971. The van der Waals surface area contributed by atoms with E-state index in [1.165, 1.54) is 7.05 Å². The lowest BCUT2D eigenvalue weighted by atomic mass is 9.83. The average Bonchev–Trinajstić information content (AvgIpc) is 3.10. The zero-order chi connectivity index (χ0) is 18.3. The number of fused-ring (bicyclic) bond motifs is 4. The van der Waals surface area contributed by atoms with Crippen LogP contribution in [-0.2, 0) is 6.54 Å². The number of urea groups is 1. The number of nitrogens with one attached hydrogen (secondary N) is 2. The minimum absolute atomic E-state index is 0.0149. The monoisotopic (exact) mass is 374 g/mol. The highest BCUT2D eigenvalue weighted by Gasteiger charge is 2.36. The van der Waals surface area contributed by atoms with Gasteiger partial charge in [0, 0.05) is 55.9 Å². The van der Waals surface area contributed by atoms with Crippen molar-refractivity contribution in [1.29, 1.82) is 0 Å². The normalized spacial score (nSPS) is 21.0. The molecule has 0 spiro atoms. The molecule has 4 rings (SSSR count). The summed E-state index contributed by atoms with van der Waals surface area (Å²) >= 11 is 0.971. The van der Waals surface area contributed by atoms with E-state index in [-0.39, 0.29) is 29.1 Å². The van der Waals surface area contributed by atoms with Gasteiger partial charge in [0.05, 0.1) is 0 Å². The van der Waals surface area contributed by atoms with E-state index >= 15 is 0 Å². The molecule has 136 valence electrons. The molecule has 0 aliphatic carbocycles. The molecule has 2 aromatic heterocycles. The van der Waals surface area contributed by atoms with Crippen LogP contribution >= 0.6 is 11.5 Å². The number of amides is 3. The van der Waals surface area contributed by atoms with E-state index in [1.807, 2.05) is 10.6 Å². The predicted octanol–water partition coefficient (Wildman–Crippen LogP) is 0.711. The average molecular weight is 374 g/mol. The van der Waals surface area contributed by atoms with E-state index in [4.69, 9.17) is 0 Å². The molecule has 2 N–H and O–H groups in total. The maximum Gasteiger partial charge on any atom is 0.322 e. The van der Waals surface area contributed by atoms with Crippen LogP contribution in [0.4, 0.5) is 9.80 Å². The number of anilines is 1. The van der Waals surface area contributed by atoms with Crippen LogP contribution in [0, 0.1) is 5.92 Å². The number of aromatic nitrogens is 3. The van der Waals surface area contributed by atoms with Gasteiger partial charge in [-0.15, -0.1) is 5.10 Å². The molecule has 1 saturated heterocycles. The largest absolute Gasteiger partial charge is 0.354 e. The van der Waals surface area contributed by atoms with Crippen molar-refractivity contribution >= 4 is 28.5 Å². The fraction of sp³-hybridized carbons (Fsp3) is 0.438. The van der Waals surface area contributed by atoms with Crippen LogP contribution < -0.4 is 16.2 Å². The van der Waals surface area contributed by atoms with Crippen molar-refractivity contribution in [2.24, 2.45) is 5.92 Å². The van der Waals surface area contributed by atoms with Crippen molar-refractivity contribution in [2.45, 2.75) is 18.9 Å². The number of carbonyl (C=O) groups excluding carboxylic acids is 2. The third-order valence-corrected chi connectivity index (χ3v) is 5.56. The minimum atomic E-state index is -0.391. The Hall–Kier alpha value is -2.75. The van der Waals surface area contributed by atoms with Gasteiger partial charge in [0.2, 0.25) is 0 Å². The first-order valence-electron chi connectivity index (χ1n) is 8.37. The van der Waals surface area contributed by atoms with Gasteiger partial charge in [0.15, 0.2) is 10.7 Å². The SMILES string of the molecule is CNC(=O)c1nnsc1NC(=O)N1C[C@@H]2C[C@H](C1)c1cccc(=O)n1C2. The second kappa shape index (κ2) is 6.52. The maximum absolute atomic E-state index is 12.7. The number of hydrogen-bond acceptors (Lipinski definition) is 6. The van der Waals surface area contributed by atoms with Crippen LogP contribution in [0.25, 0.3) is 0 Å². The molecule has 1 fully saturated rings. The smallest absolute Gasteiger partial charge is 0.322 e. The summed E-state index contributed by atoms with van der Waals surface area (Å²) < 4.78 is 5.57. The second-order valence-corrected chi connectivity index (χ2v) is 7.32. The van der Waals surface area contributed by atoms with Crippen LogP contribution in [0.1, 0.15) is 28.5 Å². The Morgan fingerprint density at radius 1 is 1.27 bits per heavy atom. The van der Waals surface area contributed by atoms with Gasteiger partial charge in [-0.25, -0.2) is 4.79 Å². The van der Waals surface area contributed by atoms with Gasteiger partial charge >= 0.3 is 6.03 Å². The molecule has 2 aromatic rings. The first-order chi connectivity index (χ1) is 12.6. The Labute approximate surface area is 153 Å². The Kier molecular flexibility index (Phi) is 4.19. The molecule has 2 aliphatic rings. The summed E-state index contributed by atoms with van der Waals surface area (Å²) in [5, 5.41) is 9.33. The van der Waals surface area contributed by atoms with Crippen LogP contribution in [0.15, 0.2) is 23.0 Å². The molecule has 0 aromatic carbocycles. The Balaban J connectivity index is 1.52. The minimum Gasteiger partial charge on any atom is -0.354 e. The molecule has 0 radical (unpaired) electrons. The van der Waals surface area contributed by atoms with Crippen molar-refractivity contribution in [3.05, 3.63) is 39.9 Å². The van der Waals surface area contributed by atoms with E-state index in [1.54, 1.807) is 17.0 Å². The van der Waals surface area contributed by atoms with Crippen molar-refractivity contribution < 1.29 is 9.59 Å². The molecule has 0 unspecified atom stereocenters. The zero-order valence-electron chi connectivity index (χ0n) is 14.1. The summed E-state index contributed by atoms with van der Waals surface area (Å²) in [6, 6.07) is 5.03. The molecule has 2 atom stereocenters. The molecule has 10 heteroatoms. The number of piperidine rings is 1. The highest BCUT2D eigenvalue weighted by atomic mass is 32.1. The van der Waals surface area contributed by atoms with Crippen molar-refractivity contribution in [2.75, 3.05) is 25.5 Å². The number of rotatable bonds is 2. The number of nitrogens with zero attached hydrogens (tertiary/aromatic N) is 4. The topological polar surface area (TPSA) is 109 Å². The van der Waals surface area contributed by atoms with Gasteiger partial charge in [0.1, 0.15) is 0 Å². The van der Waals surface area contributed by atoms with Crippen LogP contribution in [-0.4, -0.2) is 51.1 Å². The van der Waals surface area contributed by atoms with Gasteiger partial charge in [-0.05, 0) is 18.4 Å². The van der Waals surface area contributed by atoms with Crippen LogP contribution in [0.5, 0.6) is 0 Å². The number of hydrogen-bond donors (Lipinski definition) is 2. The molecular formula is C16H18N6O3S. The van der Waals surface area contributed by atoms with Crippen molar-refractivity contribution in [1.82, 2.24) is 24.4 Å². The van der Waals surface area contributed by atoms with E-state index in [0.29, 0.717) is 24.6 Å². The van der Waals surface area contributed by atoms with Gasteiger partial charge in [-0.2, -0.15) is 0 Å². The molecular weight excluding hydrogens is 356 g/mol. The summed E-state index contributed by atoms with van der Waals surface area (Å²) in [6.45, 7) is 1.73. The highest BCUT2D eigenvalue weighted by molar-refractivity contribution is 7.10. The molecule has 26 heavy (non-hydrogen) atoms. The number of likely N-dealkylation sites (tertiary alicyclic amines) is 1. The lowest BCUT2D eigenvalue weighted by Crippen LogP contribution is -2.50. The summed E-state index contributed by atoms with van der Waals surface area (Å²) in [7, 11) is 1.50. The van der Waals surface area contributed by atoms with E-state index in [9.17, 15) is 14.4 Å². The second-order valence-electron chi connectivity index (χ2n) is 6.56. The third-order valence-electron chi connectivity index (χ3n) is 4.92. The maximum atomic E-state index is 12.7. The quantitative estimate of drug-likeness (QED) is 0.805. The lowest BCUT2D eigenvalue weighted by molar-refractivity contribution is 0.0959. The van der Waals surface area contributed by atoms with E-state index in [2.05, 4.69) is 20.2 Å². The summed E-state index contributed by atoms with van der Waals surface area (Å²) in [5.74, 6) is -0.0110. The summed E-state index contributed by atoms with van der Waals surface area (Å²) in [5.41, 5.74) is 1.11. The fourth-order valence-electron chi connectivity index (χ4n) is 3.78. The zero-order valence-corrected chi connectivity index (χ0v) is 15.0. The first-order valence-corrected chi connectivity index (χ1v) is 9.14. The molecule has 9 nitrogen and oxygen atoms in total. The number of carbonyl (C=O) groups is 2. The predicted molar refractivity (Wildman–Crippen MR) is 95.4 cm³/mol. The molecule has 0 saturated carbocycles. The van der Waals surface area contributed by atoms with Crippen molar-refractivity contribution in [3.63, 3.8) is 0 Å². The Morgan fingerprint density at radius 2 is 2.12 bits per heavy atom. The van der Waals surface area contributed by atoms with Crippen LogP contribution in [0.3, 0.4) is 0 Å². The van der Waals surface area contributed by atoms with Gasteiger partial charge in [-0.3, -0.25) is 14.9 Å². The van der Waals surface area contributed by atoms with Crippen molar-refractivity contribution in [3.8, 4) is 0 Å². The van der Waals surface area contributed by atoms with Crippen LogP contribution in [0.2, 0.25) is 0 Å². The molecule has 2 bridgehead atoms. The molecule has 2 aliphatic heterocycles. The van der Waals surface area contributed by atoms with Gasteiger partial charge < -0.3 is 14.8 Å². The molecule has 3 amide bonds. The standard InChI is InChI=1S/C16H18N6O3S/c1-17-14(24)13-15(26-20-19-13)18-16(25)21-6-9-5-10(8-21)11-3-2-4-12(23)22(11)7-9/h2-4,9-10H,5-8H2,1H3,(H,17,24)(H,18,25)/t9-,10+/m0/s1. The van der Waals surface area contributed by atoms with E-state index in [0.717, 1.165) is 23.6 Å². The first kappa shape index (κ1) is 16.7. The molecule has 4 heterocycles.